The van der Waals surface area contributed by atoms with E-state index >= 15 is 0 Å². The molecule has 0 aliphatic carbocycles. The summed E-state index contributed by atoms with van der Waals surface area (Å²) in [5, 5.41) is 2.12. The molecule has 0 amide bonds. The molecule has 12 heavy (non-hydrogen) atoms. The summed E-state index contributed by atoms with van der Waals surface area (Å²) in [6.07, 6.45) is 4.21. The first-order valence-corrected chi connectivity index (χ1v) is 4.74. The molecular weight excluding hydrogens is 168 g/mol. The lowest BCUT2D eigenvalue weighted by molar-refractivity contribution is 1.14. The molecule has 2 nitrogen and oxygen atoms in total. The highest BCUT2D eigenvalue weighted by atomic mass is 32.1. The van der Waals surface area contributed by atoms with Crippen molar-refractivity contribution in [3.05, 3.63) is 26.7 Å². The Morgan fingerprint density at radius 3 is 3.08 bits per heavy atom. The Labute approximate surface area is 75.0 Å². The van der Waals surface area contributed by atoms with Crippen LogP contribution in [0.4, 0.5) is 0 Å². The molecular formula is C9H10N2S. The third kappa shape index (κ3) is 1.32. The van der Waals surface area contributed by atoms with Gasteiger partial charge in [-0.15, -0.1) is 0 Å². The van der Waals surface area contributed by atoms with Crippen LogP contribution < -0.4 is 10.0 Å². The van der Waals surface area contributed by atoms with Crippen LogP contribution in [0.25, 0.3) is 6.08 Å². The van der Waals surface area contributed by atoms with E-state index in [0.29, 0.717) is 0 Å². The van der Waals surface area contributed by atoms with Crippen molar-refractivity contribution < 1.29 is 0 Å². The van der Waals surface area contributed by atoms with Gasteiger partial charge in [0.2, 0.25) is 0 Å². The van der Waals surface area contributed by atoms with Crippen LogP contribution in [-0.2, 0) is 0 Å². The van der Waals surface area contributed by atoms with Gasteiger partial charge in [-0.05, 0) is 19.9 Å². The van der Waals surface area contributed by atoms with Gasteiger partial charge in [0.25, 0.3) is 0 Å². The van der Waals surface area contributed by atoms with Crippen molar-refractivity contribution in [2.24, 2.45) is 4.99 Å². The summed E-state index contributed by atoms with van der Waals surface area (Å²) in [5.41, 5.74) is 1.25. The first-order chi connectivity index (χ1) is 5.75. The van der Waals surface area contributed by atoms with Crippen molar-refractivity contribution in [1.82, 2.24) is 4.98 Å². The second-order valence-corrected chi connectivity index (χ2v) is 4.04. The molecule has 1 aliphatic heterocycles. The number of aromatic nitrogens is 1. The number of hydrogen-bond donors (Lipinski definition) is 0. The molecule has 0 bridgehead atoms. The number of aryl methyl sites for hydroxylation is 1. The Morgan fingerprint density at radius 1 is 1.42 bits per heavy atom. The molecule has 0 unspecified atom stereocenters. The Balaban J connectivity index is 2.75. The van der Waals surface area contributed by atoms with Crippen LogP contribution in [0.3, 0.4) is 0 Å². The van der Waals surface area contributed by atoms with Gasteiger partial charge in [-0.2, -0.15) is 0 Å². The van der Waals surface area contributed by atoms with Crippen LogP contribution in [0.1, 0.15) is 11.9 Å². The van der Waals surface area contributed by atoms with Gasteiger partial charge in [0.15, 0.2) is 0 Å². The van der Waals surface area contributed by atoms with E-state index in [1.54, 1.807) is 11.3 Å². The smallest absolute Gasteiger partial charge is 0.138 e. The van der Waals surface area contributed by atoms with E-state index in [4.69, 9.17) is 0 Å². The summed E-state index contributed by atoms with van der Waals surface area (Å²) >= 11 is 1.66. The second kappa shape index (κ2) is 2.83. The van der Waals surface area contributed by atoms with Crippen LogP contribution in [0.5, 0.6) is 0 Å². The molecule has 0 N–H and O–H groups in total. The topological polar surface area (TPSA) is 25.2 Å². The van der Waals surface area contributed by atoms with Crippen molar-refractivity contribution in [2.75, 3.05) is 6.54 Å². The molecule has 2 heterocycles. The van der Waals surface area contributed by atoms with E-state index in [2.05, 4.69) is 29.1 Å². The van der Waals surface area contributed by atoms with E-state index in [0.717, 1.165) is 21.6 Å². The highest BCUT2D eigenvalue weighted by Crippen LogP contribution is 1.98. The molecule has 0 saturated carbocycles. The lowest BCUT2D eigenvalue weighted by Gasteiger charge is -1.84. The van der Waals surface area contributed by atoms with E-state index in [1.165, 1.54) is 5.57 Å². The van der Waals surface area contributed by atoms with E-state index in [1.807, 2.05) is 6.92 Å². The number of thiazole rings is 1. The maximum absolute atomic E-state index is 4.41. The summed E-state index contributed by atoms with van der Waals surface area (Å²) in [5.74, 6) is 0. The van der Waals surface area contributed by atoms with Gasteiger partial charge in [0.05, 0.1) is 11.6 Å². The molecule has 0 aromatic carbocycles. The zero-order valence-corrected chi connectivity index (χ0v) is 7.98. The largest absolute Gasteiger partial charge is 0.268 e. The highest BCUT2D eigenvalue weighted by molar-refractivity contribution is 7.09. The van der Waals surface area contributed by atoms with Crippen LogP contribution >= 0.6 is 11.3 Å². The first-order valence-electron chi connectivity index (χ1n) is 3.92. The lowest BCUT2D eigenvalue weighted by Crippen LogP contribution is -2.20. The van der Waals surface area contributed by atoms with E-state index < -0.39 is 0 Å². The fourth-order valence-electron chi connectivity index (χ4n) is 1.19. The number of allylic oxidation sites excluding steroid dienone is 1. The molecule has 0 atom stereocenters. The molecule has 0 saturated heterocycles. The van der Waals surface area contributed by atoms with Crippen LogP contribution in [0.15, 0.2) is 16.6 Å². The standard InChI is InChI=1S/C9H10N2S/c1-6-3-4-10-9-8(5-6)11-7(2)12-9/h3,5H,4H2,1-2H3. The number of fused-ring (bicyclic) bond motifs is 1. The van der Waals surface area contributed by atoms with Gasteiger partial charge in [0, 0.05) is 0 Å². The Hall–Kier alpha value is -0.960. The van der Waals surface area contributed by atoms with Crippen molar-refractivity contribution in [3.63, 3.8) is 0 Å². The van der Waals surface area contributed by atoms with Crippen molar-refractivity contribution in [3.8, 4) is 0 Å². The molecule has 1 aliphatic rings. The minimum Gasteiger partial charge on any atom is -0.268 e. The number of nitrogens with zero attached hydrogens (tertiary/aromatic N) is 2. The first kappa shape index (κ1) is 7.68. The molecule has 0 spiro atoms. The molecule has 62 valence electrons. The van der Waals surface area contributed by atoms with Gasteiger partial charge in [-0.1, -0.05) is 23.0 Å². The molecule has 0 radical (unpaired) electrons. The second-order valence-electron chi connectivity index (χ2n) is 2.86. The maximum Gasteiger partial charge on any atom is 0.138 e. The summed E-state index contributed by atoms with van der Waals surface area (Å²) in [6.45, 7) is 4.89. The summed E-state index contributed by atoms with van der Waals surface area (Å²) in [4.78, 5) is 8.80. The summed E-state index contributed by atoms with van der Waals surface area (Å²) in [6, 6.07) is 0. The van der Waals surface area contributed by atoms with Crippen molar-refractivity contribution >= 4 is 17.4 Å². The Kier molecular flexibility index (Phi) is 1.81. The minimum absolute atomic E-state index is 0.789. The average molecular weight is 178 g/mol. The van der Waals surface area contributed by atoms with E-state index in [-0.39, 0.29) is 0 Å². The van der Waals surface area contributed by atoms with Gasteiger partial charge in [-0.25, -0.2) is 4.98 Å². The number of hydrogen-bond acceptors (Lipinski definition) is 3. The molecule has 1 aromatic heterocycles. The minimum atomic E-state index is 0.789. The van der Waals surface area contributed by atoms with Gasteiger partial charge in [-0.3, -0.25) is 4.99 Å². The van der Waals surface area contributed by atoms with Gasteiger partial charge >= 0.3 is 0 Å². The fraction of sp³-hybridized carbons (Fsp3) is 0.333. The van der Waals surface area contributed by atoms with Crippen LogP contribution in [0, 0.1) is 6.92 Å². The van der Waals surface area contributed by atoms with E-state index in [9.17, 15) is 0 Å². The van der Waals surface area contributed by atoms with Gasteiger partial charge in [0.1, 0.15) is 10.0 Å². The van der Waals surface area contributed by atoms with Crippen molar-refractivity contribution in [2.45, 2.75) is 13.8 Å². The SMILES string of the molecule is CC1=CCN=c2sc(C)nc2=C1. The summed E-state index contributed by atoms with van der Waals surface area (Å²) < 4.78 is 1.07. The molecule has 1 aromatic rings. The van der Waals surface area contributed by atoms with Crippen LogP contribution in [0.2, 0.25) is 0 Å². The summed E-state index contributed by atoms with van der Waals surface area (Å²) in [7, 11) is 0. The molecule has 0 fully saturated rings. The average Bonchev–Trinajstić information content (AvgIpc) is 2.23. The normalized spacial score (nSPS) is 15.3. The highest BCUT2D eigenvalue weighted by Gasteiger charge is 1.98. The third-order valence-corrected chi connectivity index (χ3v) is 2.67. The van der Waals surface area contributed by atoms with Crippen molar-refractivity contribution in [1.29, 1.82) is 0 Å². The number of rotatable bonds is 0. The monoisotopic (exact) mass is 178 g/mol. The zero-order valence-electron chi connectivity index (χ0n) is 7.16. The Bertz CT molecular complexity index is 440. The maximum atomic E-state index is 4.41. The predicted octanol–water partition coefficient (Wildman–Crippen LogP) is 0.812. The van der Waals surface area contributed by atoms with Gasteiger partial charge < -0.3 is 0 Å². The molecule has 2 rings (SSSR count). The quantitative estimate of drug-likeness (QED) is 0.577. The predicted molar refractivity (Wildman–Crippen MR) is 50.7 cm³/mol. The third-order valence-electron chi connectivity index (χ3n) is 1.75. The Morgan fingerprint density at radius 2 is 2.25 bits per heavy atom. The van der Waals surface area contributed by atoms with Crippen LogP contribution in [-0.4, -0.2) is 11.5 Å². The lowest BCUT2D eigenvalue weighted by atomic mass is 10.3. The molecule has 3 heteroatoms. The zero-order chi connectivity index (χ0) is 8.55. The fourth-order valence-corrected chi connectivity index (χ4v) is 1.96.